The highest BCUT2D eigenvalue weighted by molar-refractivity contribution is 7.92. The van der Waals surface area contributed by atoms with Crippen molar-refractivity contribution in [1.82, 2.24) is 41.9 Å². The average molecular weight is 1990 g/mol. The molecule has 0 aromatic carbocycles. The van der Waals surface area contributed by atoms with Crippen LogP contribution in [0.4, 0.5) is 9.59 Å². The number of amides is 6. The number of hydrogen-bond donors (Lipinski definition) is 8. The van der Waals surface area contributed by atoms with Gasteiger partial charge in [0.2, 0.25) is 27.7 Å². The SMILES string of the molecule is C1=CCNC1.C1CCCNCC1.C1CCCOCC1.CC.CC.CC.CC.CC.CC.CC.CC.CC.CC.CC.CC.CC.CC.CC.CC.CC.CC.CC.CC.CC.CC.CC.CC.O=C1C=CCCCO1.O=C1C=CCCN1.O=C1C=CCCO1.O=C1C=CCN1.O=C1CCCCCO1.O=C1CCNC(=O)N1.O=C1NCCCCO1.O=S1(=O)C=CCCN1.O=S1(=O)C=CCCO1. The number of sulfonamides is 1. The van der Waals surface area contributed by atoms with Crippen molar-refractivity contribution in [2.24, 2.45) is 0 Å². The van der Waals surface area contributed by atoms with Crippen LogP contribution in [0.25, 0.3) is 0 Å². The molecule has 0 atom stereocenters. The molecule has 135 heavy (non-hydrogen) atoms. The van der Waals surface area contributed by atoms with E-state index in [0.29, 0.717) is 71.9 Å². The number of allylic oxidation sites excluding steroid dienone is 1. The summed E-state index contributed by atoms with van der Waals surface area (Å²) in [4.78, 5) is 82.2. The Labute approximate surface area is 844 Å². The predicted octanol–water partition coefficient (Wildman–Crippen LogP) is 29.5. The zero-order valence-electron chi connectivity index (χ0n) is 98.4. The third-order valence-corrected chi connectivity index (χ3v) is 13.9. The molecular weight excluding hydrogens is 1750 g/mol. The Balaban J connectivity index is -0.0000000435. The Kier molecular flexibility index (Phi) is 324. The first-order valence-corrected chi connectivity index (χ1v) is 57.1. The van der Waals surface area contributed by atoms with Gasteiger partial charge in [0.1, 0.15) is 0 Å². The lowest BCUT2D eigenvalue weighted by atomic mass is 10.2. The van der Waals surface area contributed by atoms with Crippen molar-refractivity contribution in [3.63, 3.8) is 0 Å². The number of cyclic esters (lactones) is 4. The van der Waals surface area contributed by atoms with Gasteiger partial charge in [0.05, 0.1) is 38.4 Å². The molecule has 0 unspecified atom stereocenters. The number of hydrogen-bond acceptors (Lipinski definition) is 20. The number of nitrogens with one attached hydrogen (secondary N) is 8. The van der Waals surface area contributed by atoms with Gasteiger partial charge in [0, 0.05) is 102 Å². The van der Waals surface area contributed by atoms with Crippen molar-refractivity contribution in [2.75, 3.05) is 105 Å². The van der Waals surface area contributed by atoms with Crippen molar-refractivity contribution in [3.8, 4) is 0 Å². The van der Waals surface area contributed by atoms with Crippen LogP contribution in [0.5, 0.6) is 0 Å². The Morgan fingerprint density at radius 1 is 0.259 bits per heavy atom. The summed E-state index contributed by atoms with van der Waals surface area (Å²) in [5.41, 5.74) is 0. The summed E-state index contributed by atoms with van der Waals surface area (Å²) >= 11 is 0. The number of alkyl carbamates (subject to hydrolysis) is 1. The molecular formula is C107H240N8O18S2. The number of carbonyl (C=O) groups is 8. The van der Waals surface area contributed by atoms with Gasteiger partial charge in [-0.15, -0.1) is 0 Å². The lowest BCUT2D eigenvalue weighted by Crippen LogP contribution is -2.46. The van der Waals surface area contributed by atoms with E-state index < -0.39 is 20.1 Å². The molecule has 28 heteroatoms. The van der Waals surface area contributed by atoms with E-state index in [1.165, 1.54) is 88.1 Å². The van der Waals surface area contributed by atoms with E-state index in [2.05, 4.69) is 72.5 Å². The van der Waals surface area contributed by atoms with Crippen molar-refractivity contribution >= 4 is 67.9 Å². The quantitative estimate of drug-likeness (QED) is 0.0483. The molecule has 0 aliphatic carbocycles. The fourth-order valence-corrected chi connectivity index (χ4v) is 8.84. The third kappa shape index (κ3) is 235. The van der Waals surface area contributed by atoms with Crippen LogP contribution < -0.4 is 41.9 Å². The molecule has 828 valence electrons. The molecule has 12 aliphatic heterocycles. The molecule has 5 fully saturated rings. The Morgan fingerprint density at radius 3 is 0.941 bits per heavy atom. The van der Waals surface area contributed by atoms with E-state index in [9.17, 15) is 55.2 Å². The summed E-state index contributed by atoms with van der Waals surface area (Å²) in [6.45, 7) is 109. The summed E-state index contributed by atoms with van der Waals surface area (Å²) < 4.78 is 72.1. The second-order valence-corrected chi connectivity index (χ2v) is 22.6. The lowest BCUT2D eigenvalue weighted by molar-refractivity contribution is -0.143. The fourth-order valence-electron chi connectivity index (χ4n) is 7.18. The molecule has 6 amide bonds. The van der Waals surface area contributed by atoms with Gasteiger partial charge in [-0.3, -0.25) is 28.7 Å². The van der Waals surface area contributed by atoms with Gasteiger partial charge in [0.15, 0.2) is 0 Å². The van der Waals surface area contributed by atoms with Gasteiger partial charge in [-0.05, 0) is 109 Å². The van der Waals surface area contributed by atoms with Crippen LogP contribution in [0.15, 0.2) is 83.7 Å². The summed E-state index contributed by atoms with van der Waals surface area (Å²) in [6.07, 6.45) is 43.0. The Morgan fingerprint density at radius 2 is 0.630 bits per heavy atom. The zero-order valence-corrected chi connectivity index (χ0v) is 100. The number of urea groups is 1. The van der Waals surface area contributed by atoms with E-state index in [4.69, 9.17) is 9.47 Å². The van der Waals surface area contributed by atoms with E-state index >= 15 is 0 Å². The molecule has 0 radical (unpaired) electrons. The number of esters is 3. The second kappa shape index (κ2) is 228. The van der Waals surface area contributed by atoms with Gasteiger partial charge in [-0.1, -0.05) is 407 Å². The molecule has 0 spiro atoms. The van der Waals surface area contributed by atoms with Crippen LogP contribution >= 0.6 is 0 Å². The van der Waals surface area contributed by atoms with Crippen LogP contribution in [-0.2, 0) is 76.8 Å². The van der Waals surface area contributed by atoms with Crippen LogP contribution in [0, 0.1) is 0 Å². The fraction of sp³-hybridized carbons (Fsp3) is 0.794. The highest BCUT2D eigenvalue weighted by Crippen LogP contribution is 2.08. The second-order valence-electron chi connectivity index (χ2n) is 19.5. The highest BCUT2D eigenvalue weighted by atomic mass is 32.2. The number of rotatable bonds is 0. The minimum atomic E-state index is -3.26. The van der Waals surface area contributed by atoms with Gasteiger partial charge in [-0.2, -0.15) is 8.42 Å². The van der Waals surface area contributed by atoms with E-state index in [-0.39, 0.29) is 47.8 Å². The molecule has 8 N–H and O–H groups in total. The first-order chi connectivity index (χ1) is 66.1. The maximum atomic E-state index is 10.5. The molecule has 12 rings (SSSR count). The molecule has 5 saturated heterocycles. The Bertz CT molecular complexity index is 2240. The van der Waals surface area contributed by atoms with E-state index in [0.717, 1.165) is 109 Å². The van der Waals surface area contributed by atoms with Crippen molar-refractivity contribution in [3.05, 3.63) is 83.7 Å². The van der Waals surface area contributed by atoms with Gasteiger partial charge in [-0.25, -0.2) is 32.3 Å². The van der Waals surface area contributed by atoms with Crippen molar-refractivity contribution < 1.29 is 83.1 Å². The van der Waals surface area contributed by atoms with Crippen LogP contribution in [-0.4, -0.2) is 170 Å². The Hall–Kier alpha value is -6.56. The van der Waals surface area contributed by atoms with Crippen LogP contribution in [0.2, 0.25) is 0 Å². The number of ether oxygens (including phenoxy) is 5. The first kappa shape index (κ1) is 191. The molecule has 12 heterocycles. The van der Waals surface area contributed by atoms with Crippen molar-refractivity contribution in [2.45, 2.75) is 467 Å². The topological polar surface area (TPSA) is 356 Å². The van der Waals surface area contributed by atoms with Crippen LogP contribution in [0.1, 0.15) is 467 Å². The number of imide groups is 1. The smallest absolute Gasteiger partial charge is 0.407 e. The summed E-state index contributed by atoms with van der Waals surface area (Å²) in [5.74, 6) is -0.591. The molecule has 12 aliphatic rings. The third-order valence-electron chi connectivity index (χ3n) is 11.8. The van der Waals surface area contributed by atoms with Crippen LogP contribution in [0.3, 0.4) is 0 Å². The monoisotopic (exact) mass is 1990 g/mol. The molecule has 0 bridgehead atoms. The summed E-state index contributed by atoms with van der Waals surface area (Å²) in [7, 11) is -6.28. The average Bonchev–Trinajstić information content (AvgIpc) is 1.77. The highest BCUT2D eigenvalue weighted by Gasteiger charge is 2.13. The van der Waals surface area contributed by atoms with Crippen molar-refractivity contribution in [1.29, 1.82) is 0 Å². The standard InChI is InChI=1S/C6H13N.C6H10O2.C6H8O2.C6H12O.C5H9NO2.C5H7NO.C5H6O2.C4H6N2O2.C4H7NO2S.C4H5NO.C4H7N.C4H6O3S.24C2H6/c1-2-4-6-7-5-3-1;2*7-6-4-2-1-3-5-8-6;1-2-4-6-7-5-3-1;7-5-6-3-1-2-4-8-5;7-5-3-1-2-4-6-5;6-5-3-1-2-4-7-5;7-3-1-2-5-4(8)6-3;6-8(7)4-2-1-3-5-8;6-4-2-1-3-5-4;1-2-4-5-3-1;5-8(6)4-2-1-3-7-8;24*1-2/h7H,1-6H2;1-5H2;2,4H,1,3,5H2;1-6H2;1-4H2,(H,6,7);1,3H,2,4H2,(H,6,7);1,3H,2,4H2;1-2H2,(H2,5,6,7,8);2,4-5H,1,3H2;1-2H,3H2,(H,5,6);1-2,5H,3-4H2;2,4H,1,3H2;24*1-2H3. The number of carbonyl (C=O) groups excluding carboxylic acids is 8. The first-order valence-electron chi connectivity index (χ1n) is 54.1. The predicted molar refractivity (Wildman–Crippen MR) is 601 cm³/mol. The summed E-state index contributed by atoms with van der Waals surface area (Å²) in [5, 5.41) is 21.1. The molecule has 0 aromatic heterocycles. The maximum Gasteiger partial charge on any atom is 0.407 e. The van der Waals surface area contributed by atoms with E-state index in [1.807, 2.05) is 351 Å². The van der Waals surface area contributed by atoms with Gasteiger partial charge >= 0.3 is 30.0 Å². The van der Waals surface area contributed by atoms with E-state index in [1.54, 1.807) is 24.3 Å². The van der Waals surface area contributed by atoms with Gasteiger partial charge in [0.25, 0.3) is 10.1 Å². The van der Waals surface area contributed by atoms with Gasteiger partial charge < -0.3 is 55.6 Å². The lowest BCUT2D eigenvalue weighted by Gasteiger charge is -2.10. The zero-order chi connectivity index (χ0) is 112. The molecule has 26 nitrogen and oxygen atoms in total. The normalized spacial score (nSPS) is 15.0. The molecule has 0 saturated carbocycles. The molecule has 0 aromatic rings. The minimum absolute atomic E-state index is 0.0231. The maximum absolute atomic E-state index is 10.5. The minimum Gasteiger partial charge on any atom is -0.466 e. The largest absolute Gasteiger partial charge is 0.466 e. The summed E-state index contributed by atoms with van der Waals surface area (Å²) in [6, 6.07) is -0.388.